The van der Waals surface area contributed by atoms with Crippen molar-refractivity contribution in [3.05, 3.63) is 140 Å². The van der Waals surface area contributed by atoms with Crippen molar-refractivity contribution < 1.29 is 4.74 Å². The predicted octanol–water partition coefficient (Wildman–Crippen LogP) is 9.07. The van der Waals surface area contributed by atoms with Gasteiger partial charge in [0.15, 0.2) is 0 Å². The highest BCUT2D eigenvalue weighted by molar-refractivity contribution is 6.09. The van der Waals surface area contributed by atoms with Gasteiger partial charge >= 0.3 is 0 Å². The lowest BCUT2D eigenvalue weighted by Gasteiger charge is -2.12. The smallest absolute Gasteiger partial charge is 0.145 e. The fourth-order valence-electron chi connectivity index (χ4n) is 5.77. The van der Waals surface area contributed by atoms with E-state index in [0.29, 0.717) is 0 Å². The van der Waals surface area contributed by atoms with Gasteiger partial charge in [-0.05, 0) is 54.6 Å². The Labute approximate surface area is 225 Å². The highest BCUT2D eigenvalue weighted by atomic mass is 16.5. The summed E-state index contributed by atoms with van der Waals surface area (Å²) in [6.45, 7) is 0. The Hall–Kier alpha value is -5.35. The van der Waals surface area contributed by atoms with Crippen molar-refractivity contribution in [2.24, 2.45) is 0 Å². The minimum Gasteiger partial charge on any atom is -0.457 e. The van der Waals surface area contributed by atoms with Gasteiger partial charge in [-0.15, -0.1) is 0 Å². The molecule has 0 atom stereocenters. The second kappa shape index (κ2) is 8.61. The molecule has 0 unspecified atom stereocenters. The van der Waals surface area contributed by atoms with Gasteiger partial charge in [-0.25, -0.2) is 4.98 Å². The molecule has 0 saturated heterocycles. The van der Waals surface area contributed by atoms with E-state index >= 15 is 0 Å². The van der Waals surface area contributed by atoms with Crippen LogP contribution in [0.4, 0.5) is 0 Å². The lowest BCUT2D eigenvalue weighted by atomic mass is 10.2. The van der Waals surface area contributed by atoms with E-state index in [4.69, 9.17) is 9.72 Å². The summed E-state index contributed by atoms with van der Waals surface area (Å²) in [5.41, 5.74) is 6.48. The van der Waals surface area contributed by atoms with E-state index in [-0.39, 0.29) is 0 Å². The normalized spacial score (nSPS) is 11.6. The van der Waals surface area contributed by atoms with Crippen LogP contribution in [0.1, 0.15) is 0 Å². The number of hydrogen-bond acceptors (Lipinski definition) is 2. The van der Waals surface area contributed by atoms with Gasteiger partial charge in [0.1, 0.15) is 17.1 Å². The van der Waals surface area contributed by atoms with Crippen LogP contribution in [-0.2, 0) is 0 Å². The Morgan fingerprint density at radius 1 is 0.436 bits per heavy atom. The molecule has 4 nitrogen and oxygen atoms in total. The summed E-state index contributed by atoms with van der Waals surface area (Å²) in [5, 5.41) is 4.81. The van der Waals surface area contributed by atoms with Crippen LogP contribution in [0, 0.1) is 0 Å². The predicted molar refractivity (Wildman–Crippen MR) is 159 cm³/mol. The van der Waals surface area contributed by atoms with E-state index in [2.05, 4.69) is 118 Å². The van der Waals surface area contributed by atoms with Gasteiger partial charge in [-0.2, -0.15) is 0 Å². The van der Waals surface area contributed by atoms with E-state index in [1.165, 1.54) is 27.2 Å². The molecule has 5 aromatic carbocycles. The Morgan fingerprint density at radius 3 is 1.54 bits per heavy atom. The summed E-state index contributed by atoms with van der Waals surface area (Å²) in [5.74, 6) is 1.56. The standard InChI is InChI=1S/C35H23N3O/c1-4-18-32-28(14-1)29-15-2-5-19-33(29)37(32)24-10-7-12-26(22-24)39-27-13-8-11-25(23-27)38-34-20-6-3-16-30(34)31-17-9-21-36-35(31)38/h1-23H. The van der Waals surface area contributed by atoms with Gasteiger partial charge < -0.3 is 9.30 Å². The van der Waals surface area contributed by atoms with Crippen LogP contribution in [0.5, 0.6) is 11.5 Å². The fourth-order valence-corrected chi connectivity index (χ4v) is 5.77. The number of pyridine rings is 1. The maximum absolute atomic E-state index is 6.46. The molecular formula is C35H23N3O. The molecule has 3 aromatic heterocycles. The van der Waals surface area contributed by atoms with Crippen LogP contribution < -0.4 is 4.74 Å². The van der Waals surface area contributed by atoms with Gasteiger partial charge in [0, 0.05) is 45.6 Å². The zero-order chi connectivity index (χ0) is 25.8. The van der Waals surface area contributed by atoms with Crippen molar-refractivity contribution in [2.75, 3.05) is 0 Å². The van der Waals surface area contributed by atoms with Crippen molar-refractivity contribution in [1.82, 2.24) is 14.1 Å². The highest BCUT2D eigenvalue weighted by Gasteiger charge is 2.14. The Bertz CT molecular complexity index is 1910. The molecule has 0 aliphatic heterocycles. The lowest BCUT2D eigenvalue weighted by Crippen LogP contribution is -1.96. The number of ether oxygens (including phenoxy) is 1. The summed E-state index contributed by atoms with van der Waals surface area (Å²) < 4.78 is 11.0. The van der Waals surface area contributed by atoms with Crippen LogP contribution in [0.15, 0.2) is 140 Å². The zero-order valence-corrected chi connectivity index (χ0v) is 21.0. The zero-order valence-electron chi connectivity index (χ0n) is 21.0. The molecule has 39 heavy (non-hydrogen) atoms. The molecule has 0 aliphatic rings. The van der Waals surface area contributed by atoms with Gasteiger partial charge in [0.25, 0.3) is 0 Å². The van der Waals surface area contributed by atoms with E-state index in [1.807, 2.05) is 30.5 Å². The van der Waals surface area contributed by atoms with Crippen LogP contribution in [0.2, 0.25) is 0 Å². The molecule has 4 heteroatoms. The summed E-state index contributed by atoms with van der Waals surface area (Å²) in [6.07, 6.45) is 1.85. The van der Waals surface area contributed by atoms with Gasteiger partial charge in [0.2, 0.25) is 0 Å². The first-order chi connectivity index (χ1) is 19.3. The number of fused-ring (bicyclic) bond motifs is 6. The molecule has 3 heterocycles. The maximum atomic E-state index is 6.46. The number of aromatic nitrogens is 3. The second-order valence-corrected chi connectivity index (χ2v) is 9.69. The van der Waals surface area contributed by atoms with Crippen molar-refractivity contribution >= 4 is 43.7 Å². The molecule has 8 aromatic rings. The average molecular weight is 502 g/mol. The molecule has 8 rings (SSSR count). The third kappa shape index (κ3) is 3.42. The highest BCUT2D eigenvalue weighted by Crippen LogP contribution is 2.35. The molecule has 0 aliphatic carbocycles. The number of para-hydroxylation sites is 3. The van der Waals surface area contributed by atoms with Crippen LogP contribution >= 0.6 is 0 Å². The molecule has 0 fully saturated rings. The third-order valence-electron chi connectivity index (χ3n) is 7.40. The monoisotopic (exact) mass is 501 g/mol. The fraction of sp³-hybridized carbons (Fsp3) is 0. The van der Waals surface area contributed by atoms with Gasteiger partial charge in [-0.1, -0.05) is 66.7 Å². The van der Waals surface area contributed by atoms with Crippen LogP contribution in [0.3, 0.4) is 0 Å². The molecule has 0 amide bonds. The molecule has 0 saturated carbocycles. The minimum absolute atomic E-state index is 0.772. The average Bonchev–Trinajstić information content (AvgIpc) is 3.51. The largest absolute Gasteiger partial charge is 0.457 e. The van der Waals surface area contributed by atoms with Crippen molar-refractivity contribution in [3.8, 4) is 22.9 Å². The van der Waals surface area contributed by atoms with E-state index in [9.17, 15) is 0 Å². The Kier molecular flexibility index (Phi) is 4.79. The lowest BCUT2D eigenvalue weighted by molar-refractivity contribution is 0.482. The van der Waals surface area contributed by atoms with Crippen LogP contribution in [-0.4, -0.2) is 14.1 Å². The minimum atomic E-state index is 0.772. The first-order valence-corrected chi connectivity index (χ1v) is 13.1. The van der Waals surface area contributed by atoms with Crippen LogP contribution in [0.25, 0.3) is 55.1 Å². The molecule has 0 N–H and O–H groups in total. The SMILES string of the molecule is c1cc(Oc2cccc(-n3c4ccccc4c4cccnc43)c2)cc(-n2c3ccccc3c3ccccc32)c1. The first-order valence-electron chi connectivity index (χ1n) is 13.1. The summed E-state index contributed by atoms with van der Waals surface area (Å²) in [4.78, 5) is 4.72. The molecule has 0 bridgehead atoms. The number of benzene rings is 5. The molecule has 0 radical (unpaired) electrons. The topological polar surface area (TPSA) is 32.0 Å². The van der Waals surface area contributed by atoms with E-state index in [0.717, 1.165) is 39.4 Å². The third-order valence-corrected chi connectivity index (χ3v) is 7.40. The number of nitrogens with zero attached hydrogens (tertiary/aromatic N) is 3. The van der Waals surface area contributed by atoms with Crippen molar-refractivity contribution in [2.45, 2.75) is 0 Å². The van der Waals surface area contributed by atoms with Gasteiger partial charge in [0.05, 0.1) is 22.2 Å². The maximum Gasteiger partial charge on any atom is 0.145 e. The van der Waals surface area contributed by atoms with Crippen molar-refractivity contribution in [1.29, 1.82) is 0 Å². The molecule has 0 spiro atoms. The summed E-state index contributed by atoms with van der Waals surface area (Å²) >= 11 is 0. The summed E-state index contributed by atoms with van der Waals surface area (Å²) in [6, 6.07) is 46.1. The number of hydrogen-bond donors (Lipinski definition) is 0. The van der Waals surface area contributed by atoms with Crippen molar-refractivity contribution in [3.63, 3.8) is 0 Å². The summed E-state index contributed by atoms with van der Waals surface area (Å²) in [7, 11) is 0. The molecule has 184 valence electrons. The Morgan fingerprint density at radius 2 is 0.923 bits per heavy atom. The van der Waals surface area contributed by atoms with E-state index in [1.54, 1.807) is 0 Å². The van der Waals surface area contributed by atoms with E-state index < -0.39 is 0 Å². The Balaban J connectivity index is 1.22. The quantitative estimate of drug-likeness (QED) is 0.241. The van der Waals surface area contributed by atoms with Gasteiger partial charge in [-0.3, -0.25) is 4.57 Å². The molecular weight excluding hydrogens is 478 g/mol. The second-order valence-electron chi connectivity index (χ2n) is 9.69. The number of rotatable bonds is 4. The first kappa shape index (κ1) is 21.7.